The van der Waals surface area contributed by atoms with Gasteiger partial charge in [-0.1, -0.05) is 48.5 Å². The molecule has 0 radical (unpaired) electrons. The Morgan fingerprint density at radius 1 is 0.892 bits per heavy atom. The molecule has 1 fully saturated rings. The average molecular weight is 505 g/mol. The lowest BCUT2D eigenvalue weighted by atomic mass is 10.1. The van der Waals surface area contributed by atoms with Crippen molar-refractivity contribution in [2.24, 2.45) is 0 Å². The van der Waals surface area contributed by atoms with Gasteiger partial charge in [0.15, 0.2) is 0 Å². The summed E-state index contributed by atoms with van der Waals surface area (Å²) in [6, 6.07) is 19.1. The van der Waals surface area contributed by atoms with Crippen LogP contribution in [0.15, 0.2) is 71.3 Å². The lowest BCUT2D eigenvalue weighted by Gasteiger charge is -2.31. The van der Waals surface area contributed by atoms with Gasteiger partial charge in [0.05, 0.1) is 26.0 Å². The number of rotatable bonds is 10. The summed E-state index contributed by atoms with van der Waals surface area (Å²) in [5.41, 5.74) is 3.77. The molecule has 1 N–H and O–H groups in total. The first kappa shape index (κ1) is 26.4. The molecule has 196 valence electrons. The van der Waals surface area contributed by atoms with Crippen LogP contribution in [0.4, 0.5) is 10.5 Å². The van der Waals surface area contributed by atoms with Gasteiger partial charge >= 0.3 is 6.03 Å². The second-order valence-corrected chi connectivity index (χ2v) is 9.39. The van der Waals surface area contributed by atoms with Gasteiger partial charge < -0.3 is 24.3 Å². The number of para-hydroxylation sites is 1. The number of aryl methyl sites for hydroxylation is 2. The molecule has 0 spiro atoms. The Morgan fingerprint density at radius 2 is 1.62 bits per heavy atom. The Hall–Kier alpha value is -3.62. The fraction of sp³-hybridized carbons (Fsp3) is 0.379. The molecular formula is C29H36N4O4. The lowest BCUT2D eigenvalue weighted by molar-refractivity contribution is -0.133. The zero-order valence-electron chi connectivity index (χ0n) is 21.7. The van der Waals surface area contributed by atoms with Crippen molar-refractivity contribution in [2.75, 3.05) is 51.3 Å². The maximum Gasteiger partial charge on any atom is 0.322 e. The molecule has 0 atom stereocenters. The van der Waals surface area contributed by atoms with Crippen LogP contribution in [0.25, 0.3) is 0 Å². The van der Waals surface area contributed by atoms with E-state index in [0.717, 1.165) is 35.5 Å². The summed E-state index contributed by atoms with van der Waals surface area (Å²) in [5.74, 6) is 0.558. The van der Waals surface area contributed by atoms with E-state index in [9.17, 15) is 9.59 Å². The van der Waals surface area contributed by atoms with Crippen LogP contribution < -0.4 is 5.32 Å². The summed E-state index contributed by atoms with van der Waals surface area (Å²) in [6.07, 6.45) is 1.60. The molecule has 0 aliphatic carbocycles. The van der Waals surface area contributed by atoms with Gasteiger partial charge in [-0.05, 0) is 42.7 Å². The molecule has 1 aliphatic heterocycles. The number of morpholine rings is 1. The van der Waals surface area contributed by atoms with E-state index in [4.69, 9.17) is 9.15 Å². The Bertz CT molecular complexity index is 1120. The molecule has 0 bridgehead atoms. The molecule has 4 rings (SSSR count). The van der Waals surface area contributed by atoms with E-state index < -0.39 is 0 Å². The van der Waals surface area contributed by atoms with Crippen molar-refractivity contribution in [3.05, 3.63) is 89.4 Å². The number of nitrogens with zero attached hydrogens (tertiary/aromatic N) is 3. The average Bonchev–Trinajstić information content (AvgIpc) is 3.42. The van der Waals surface area contributed by atoms with E-state index in [1.165, 1.54) is 0 Å². The largest absolute Gasteiger partial charge is 0.467 e. The maximum atomic E-state index is 13.7. The van der Waals surface area contributed by atoms with Gasteiger partial charge in [0.25, 0.3) is 0 Å². The first-order valence-electron chi connectivity index (χ1n) is 12.8. The molecule has 3 aromatic rings. The van der Waals surface area contributed by atoms with Crippen LogP contribution in [0.1, 0.15) is 22.5 Å². The third-order valence-electron chi connectivity index (χ3n) is 6.61. The summed E-state index contributed by atoms with van der Waals surface area (Å²) in [6.45, 7) is 8.77. The predicted molar refractivity (Wildman–Crippen MR) is 143 cm³/mol. The molecule has 1 aliphatic rings. The third-order valence-corrected chi connectivity index (χ3v) is 6.61. The summed E-state index contributed by atoms with van der Waals surface area (Å²) < 4.78 is 11.0. The van der Waals surface area contributed by atoms with Crippen molar-refractivity contribution >= 4 is 17.6 Å². The number of anilines is 1. The minimum Gasteiger partial charge on any atom is -0.467 e. The number of ether oxygens (including phenoxy) is 1. The van der Waals surface area contributed by atoms with Gasteiger partial charge in [-0.25, -0.2) is 4.79 Å². The van der Waals surface area contributed by atoms with Crippen molar-refractivity contribution in [2.45, 2.75) is 26.9 Å². The highest BCUT2D eigenvalue weighted by Crippen LogP contribution is 2.20. The number of carbonyl (C=O) groups excluding carboxylic acids is 2. The molecule has 37 heavy (non-hydrogen) atoms. The first-order chi connectivity index (χ1) is 18.0. The number of benzene rings is 2. The molecule has 2 aromatic carbocycles. The summed E-state index contributed by atoms with van der Waals surface area (Å²) in [7, 11) is 0. The van der Waals surface area contributed by atoms with Crippen LogP contribution in [0.3, 0.4) is 0 Å². The second kappa shape index (κ2) is 13.1. The Labute approximate surface area is 218 Å². The number of nitrogens with one attached hydrogen (secondary N) is 1. The molecule has 0 saturated carbocycles. The number of amides is 3. The van der Waals surface area contributed by atoms with Crippen LogP contribution in [-0.2, 0) is 22.6 Å². The Balaban J connectivity index is 1.51. The van der Waals surface area contributed by atoms with E-state index in [-0.39, 0.29) is 18.5 Å². The number of furan rings is 1. The highest BCUT2D eigenvalue weighted by molar-refractivity contribution is 5.93. The molecule has 2 heterocycles. The third kappa shape index (κ3) is 7.68. The van der Waals surface area contributed by atoms with Crippen LogP contribution in [0.5, 0.6) is 0 Å². The fourth-order valence-corrected chi connectivity index (χ4v) is 4.43. The van der Waals surface area contributed by atoms with Gasteiger partial charge in [0.2, 0.25) is 5.91 Å². The van der Waals surface area contributed by atoms with Crippen LogP contribution in [0.2, 0.25) is 0 Å². The van der Waals surface area contributed by atoms with E-state index >= 15 is 0 Å². The van der Waals surface area contributed by atoms with Crippen LogP contribution >= 0.6 is 0 Å². The second-order valence-electron chi connectivity index (χ2n) is 9.39. The van der Waals surface area contributed by atoms with Gasteiger partial charge in [0.1, 0.15) is 12.3 Å². The van der Waals surface area contributed by atoms with Crippen molar-refractivity contribution in [1.82, 2.24) is 14.7 Å². The van der Waals surface area contributed by atoms with Gasteiger partial charge in [-0.15, -0.1) is 0 Å². The van der Waals surface area contributed by atoms with E-state index in [2.05, 4.69) is 10.2 Å². The number of hydrogen-bond acceptors (Lipinski definition) is 5. The molecule has 8 heteroatoms. The molecule has 1 aromatic heterocycles. The first-order valence-corrected chi connectivity index (χ1v) is 12.8. The van der Waals surface area contributed by atoms with Crippen molar-refractivity contribution in [1.29, 1.82) is 0 Å². The summed E-state index contributed by atoms with van der Waals surface area (Å²) in [5, 5.41) is 3.06. The summed E-state index contributed by atoms with van der Waals surface area (Å²) in [4.78, 5) is 32.8. The number of carbonyl (C=O) groups is 2. The predicted octanol–water partition coefficient (Wildman–Crippen LogP) is 4.29. The zero-order chi connectivity index (χ0) is 26.0. The molecular weight excluding hydrogens is 468 g/mol. The van der Waals surface area contributed by atoms with E-state index in [1.54, 1.807) is 16.1 Å². The minimum absolute atomic E-state index is 0.0331. The standard InChI is InChI=1S/C29H36N4O4/c1-23-8-6-9-24(2)28(23)30-29(35)32(14-13-31-15-18-36-19-16-31)22-27(34)33(21-26-12-7-17-37-26)20-25-10-4-3-5-11-25/h3-12,17H,13-16,18-22H2,1-2H3,(H,30,35). The molecule has 0 unspecified atom stereocenters. The SMILES string of the molecule is Cc1cccc(C)c1NC(=O)N(CCN1CCOCC1)CC(=O)N(Cc1ccccc1)Cc1ccco1. The fourth-order valence-electron chi connectivity index (χ4n) is 4.43. The normalized spacial score (nSPS) is 13.8. The van der Waals surface area contributed by atoms with E-state index in [1.807, 2.05) is 74.5 Å². The Kier molecular flexibility index (Phi) is 9.35. The highest BCUT2D eigenvalue weighted by Gasteiger charge is 2.24. The smallest absolute Gasteiger partial charge is 0.322 e. The van der Waals surface area contributed by atoms with Gasteiger partial charge in [0, 0.05) is 38.4 Å². The zero-order valence-corrected chi connectivity index (χ0v) is 21.7. The number of urea groups is 1. The Morgan fingerprint density at radius 3 is 2.30 bits per heavy atom. The van der Waals surface area contributed by atoms with Crippen molar-refractivity contribution in [3.63, 3.8) is 0 Å². The molecule has 1 saturated heterocycles. The van der Waals surface area contributed by atoms with Crippen LogP contribution in [-0.4, -0.2) is 72.6 Å². The monoisotopic (exact) mass is 504 g/mol. The number of hydrogen-bond donors (Lipinski definition) is 1. The summed E-state index contributed by atoms with van der Waals surface area (Å²) >= 11 is 0. The van der Waals surface area contributed by atoms with Crippen molar-refractivity contribution < 1.29 is 18.7 Å². The molecule has 8 nitrogen and oxygen atoms in total. The van der Waals surface area contributed by atoms with Gasteiger partial charge in [-0.2, -0.15) is 0 Å². The highest BCUT2D eigenvalue weighted by atomic mass is 16.5. The lowest BCUT2D eigenvalue weighted by Crippen LogP contribution is -2.48. The molecule has 3 amide bonds. The maximum absolute atomic E-state index is 13.7. The quantitative estimate of drug-likeness (QED) is 0.446. The van der Waals surface area contributed by atoms with Crippen LogP contribution in [0, 0.1) is 13.8 Å². The van der Waals surface area contributed by atoms with E-state index in [0.29, 0.717) is 45.2 Å². The van der Waals surface area contributed by atoms with Gasteiger partial charge in [-0.3, -0.25) is 9.69 Å². The van der Waals surface area contributed by atoms with Crippen molar-refractivity contribution in [3.8, 4) is 0 Å². The topological polar surface area (TPSA) is 78.3 Å². The minimum atomic E-state index is -0.281.